The number of carbonyl (C=O) groups excluding carboxylic acids is 1. The summed E-state index contributed by atoms with van der Waals surface area (Å²) in [5.41, 5.74) is 0. The first kappa shape index (κ1) is 12.7. The van der Waals surface area contributed by atoms with Crippen LogP contribution in [-0.4, -0.2) is 41.1 Å². The predicted molar refractivity (Wildman–Crippen MR) is 40.6 cm³/mol. The molecule has 14 heavy (non-hydrogen) atoms. The molecule has 0 bridgehead atoms. The van der Waals surface area contributed by atoms with E-state index in [0.717, 1.165) is 0 Å². The van der Waals surface area contributed by atoms with E-state index < -0.39 is 31.0 Å². The van der Waals surface area contributed by atoms with Gasteiger partial charge < -0.3 is 10.0 Å². The minimum atomic E-state index is -4.94. The highest BCUT2D eigenvalue weighted by molar-refractivity contribution is 5.82. The van der Waals surface area contributed by atoms with Crippen molar-refractivity contribution in [3.8, 4) is 0 Å². The highest BCUT2D eigenvalue weighted by Gasteiger charge is 2.41. The molecular formula is C7H10F3NO3. The number of carboxylic acids is 1. The van der Waals surface area contributed by atoms with Crippen LogP contribution in [0.15, 0.2) is 0 Å². The molecule has 0 aliphatic heterocycles. The molecule has 82 valence electrons. The van der Waals surface area contributed by atoms with Crippen molar-refractivity contribution >= 4 is 11.9 Å². The summed E-state index contributed by atoms with van der Waals surface area (Å²) in [5, 5.41) is 8.22. The predicted octanol–water partition coefficient (Wildman–Crippen LogP) is 0.872. The number of aliphatic carboxylic acids is 1. The van der Waals surface area contributed by atoms with Gasteiger partial charge in [-0.25, -0.2) is 0 Å². The second kappa shape index (κ2) is 4.83. The lowest BCUT2D eigenvalue weighted by molar-refractivity contribution is -0.185. The van der Waals surface area contributed by atoms with Gasteiger partial charge in [-0.15, -0.1) is 0 Å². The van der Waals surface area contributed by atoms with Crippen LogP contribution in [0.3, 0.4) is 0 Å². The van der Waals surface area contributed by atoms with E-state index in [9.17, 15) is 22.8 Å². The van der Waals surface area contributed by atoms with E-state index in [1.54, 1.807) is 0 Å². The molecule has 0 fully saturated rings. The number of carboxylic acid groups (broad SMARTS) is 1. The normalized spacial score (nSPS) is 11.1. The number of rotatable bonds is 4. The first-order valence-electron chi connectivity index (χ1n) is 3.87. The maximum Gasteiger partial charge on any atom is 0.471 e. The Morgan fingerprint density at radius 1 is 1.36 bits per heavy atom. The van der Waals surface area contributed by atoms with Gasteiger partial charge in [0.2, 0.25) is 0 Å². The van der Waals surface area contributed by atoms with E-state index in [1.807, 2.05) is 0 Å². The van der Waals surface area contributed by atoms with E-state index in [4.69, 9.17) is 5.11 Å². The molecule has 0 saturated carbocycles. The largest absolute Gasteiger partial charge is 0.481 e. The molecule has 0 aromatic heterocycles. The fourth-order valence-electron chi connectivity index (χ4n) is 0.813. The molecule has 0 atom stereocenters. The van der Waals surface area contributed by atoms with Crippen LogP contribution in [0.1, 0.15) is 13.3 Å². The van der Waals surface area contributed by atoms with Gasteiger partial charge in [0.15, 0.2) is 0 Å². The van der Waals surface area contributed by atoms with Gasteiger partial charge in [0, 0.05) is 13.1 Å². The third-order valence-corrected chi connectivity index (χ3v) is 1.51. The summed E-state index contributed by atoms with van der Waals surface area (Å²) in [6.07, 6.45) is -5.43. The molecule has 1 amide bonds. The summed E-state index contributed by atoms with van der Waals surface area (Å²) < 4.78 is 35.6. The summed E-state index contributed by atoms with van der Waals surface area (Å²) in [4.78, 5) is 21.1. The molecule has 4 nitrogen and oxygen atoms in total. The molecule has 0 radical (unpaired) electrons. The highest BCUT2D eigenvalue weighted by atomic mass is 19.4. The number of alkyl halides is 3. The SMILES string of the molecule is CCN(CCC(=O)O)C(=O)C(F)(F)F. The summed E-state index contributed by atoms with van der Waals surface area (Å²) in [6.45, 7) is 0.765. The van der Waals surface area contributed by atoms with Gasteiger partial charge >= 0.3 is 18.1 Å². The van der Waals surface area contributed by atoms with Crippen LogP contribution in [0.2, 0.25) is 0 Å². The topological polar surface area (TPSA) is 57.6 Å². The molecule has 0 unspecified atom stereocenters. The smallest absolute Gasteiger partial charge is 0.471 e. The van der Waals surface area contributed by atoms with Crippen LogP contribution in [0.4, 0.5) is 13.2 Å². The maximum atomic E-state index is 11.9. The van der Waals surface area contributed by atoms with Gasteiger partial charge in [0.25, 0.3) is 0 Å². The van der Waals surface area contributed by atoms with E-state index in [0.29, 0.717) is 4.90 Å². The Bertz CT molecular complexity index is 227. The molecular weight excluding hydrogens is 203 g/mol. The average molecular weight is 213 g/mol. The van der Waals surface area contributed by atoms with E-state index >= 15 is 0 Å². The van der Waals surface area contributed by atoms with E-state index in [1.165, 1.54) is 6.92 Å². The molecule has 7 heteroatoms. The van der Waals surface area contributed by atoms with Crippen LogP contribution < -0.4 is 0 Å². The monoisotopic (exact) mass is 213 g/mol. The lowest BCUT2D eigenvalue weighted by atomic mass is 10.3. The Hall–Kier alpha value is -1.27. The van der Waals surface area contributed by atoms with Crippen molar-refractivity contribution in [2.24, 2.45) is 0 Å². The Morgan fingerprint density at radius 3 is 2.14 bits per heavy atom. The van der Waals surface area contributed by atoms with Crippen molar-refractivity contribution in [2.75, 3.05) is 13.1 Å². The molecule has 0 aliphatic carbocycles. The molecule has 0 spiro atoms. The number of nitrogens with zero attached hydrogens (tertiary/aromatic N) is 1. The minimum absolute atomic E-state index is 0.161. The van der Waals surface area contributed by atoms with Crippen molar-refractivity contribution in [2.45, 2.75) is 19.5 Å². The summed E-state index contributed by atoms with van der Waals surface area (Å²) in [6, 6.07) is 0. The molecule has 0 heterocycles. The zero-order chi connectivity index (χ0) is 11.4. The maximum absolute atomic E-state index is 11.9. The molecule has 0 saturated heterocycles. The first-order valence-corrected chi connectivity index (χ1v) is 3.87. The number of amides is 1. The van der Waals surface area contributed by atoms with Crippen LogP contribution >= 0.6 is 0 Å². The van der Waals surface area contributed by atoms with Gasteiger partial charge in [0.1, 0.15) is 0 Å². The van der Waals surface area contributed by atoms with Crippen molar-refractivity contribution in [1.29, 1.82) is 0 Å². The average Bonchev–Trinajstić information content (AvgIpc) is 2.03. The lowest BCUT2D eigenvalue weighted by Gasteiger charge is -2.20. The third-order valence-electron chi connectivity index (χ3n) is 1.51. The van der Waals surface area contributed by atoms with Gasteiger partial charge in [-0.3, -0.25) is 9.59 Å². The zero-order valence-electron chi connectivity index (χ0n) is 7.47. The van der Waals surface area contributed by atoms with E-state index in [-0.39, 0.29) is 6.54 Å². The summed E-state index contributed by atoms with van der Waals surface area (Å²) >= 11 is 0. The van der Waals surface area contributed by atoms with Crippen molar-refractivity contribution < 1.29 is 27.9 Å². The Labute approximate surface area is 78.3 Å². The lowest BCUT2D eigenvalue weighted by Crippen LogP contribution is -2.41. The van der Waals surface area contributed by atoms with Crippen LogP contribution in [-0.2, 0) is 9.59 Å². The van der Waals surface area contributed by atoms with Crippen LogP contribution in [0, 0.1) is 0 Å². The second-order valence-electron chi connectivity index (χ2n) is 2.53. The van der Waals surface area contributed by atoms with Gasteiger partial charge in [-0.1, -0.05) is 0 Å². The van der Waals surface area contributed by atoms with Crippen LogP contribution in [0.5, 0.6) is 0 Å². The van der Waals surface area contributed by atoms with Crippen molar-refractivity contribution in [3.63, 3.8) is 0 Å². The minimum Gasteiger partial charge on any atom is -0.481 e. The first-order chi connectivity index (χ1) is 6.29. The van der Waals surface area contributed by atoms with E-state index in [2.05, 4.69) is 0 Å². The Balaban J connectivity index is 4.27. The standard InChI is InChI=1S/C7H10F3NO3/c1-2-11(4-3-5(12)13)6(14)7(8,9)10/h2-4H2,1H3,(H,12,13). The number of halogens is 3. The highest BCUT2D eigenvalue weighted by Crippen LogP contribution is 2.18. The van der Waals surface area contributed by atoms with Crippen LogP contribution in [0.25, 0.3) is 0 Å². The summed E-state index contributed by atoms with van der Waals surface area (Å²) in [5.74, 6) is -3.24. The molecule has 0 aliphatic rings. The molecule has 0 rings (SSSR count). The second-order valence-corrected chi connectivity index (χ2v) is 2.53. The fraction of sp³-hybridized carbons (Fsp3) is 0.714. The number of carbonyl (C=O) groups is 2. The molecule has 0 aromatic rings. The Morgan fingerprint density at radius 2 is 1.86 bits per heavy atom. The third kappa shape index (κ3) is 4.11. The molecule has 0 aromatic carbocycles. The fourth-order valence-corrected chi connectivity index (χ4v) is 0.813. The molecule has 1 N–H and O–H groups in total. The quantitative estimate of drug-likeness (QED) is 0.753. The van der Waals surface area contributed by atoms with Crippen molar-refractivity contribution in [3.05, 3.63) is 0 Å². The van der Waals surface area contributed by atoms with Crippen molar-refractivity contribution in [1.82, 2.24) is 4.90 Å². The zero-order valence-corrected chi connectivity index (χ0v) is 7.47. The van der Waals surface area contributed by atoms with Gasteiger partial charge in [-0.05, 0) is 6.92 Å². The number of hydrogen-bond donors (Lipinski definition) is 1. The number of hydrogen-bond acceptors (Lipinski definition) is 2. The Kier molecular flexibility index (Phi) is 4.39. The van der Waals surface area contributed by atoms with Gasteiger partial charge in [0.05, 0.1) is 6.42 Å². The van der Waals surface area contributed by atoms with Gasteiger partial charge in [-0.2, -0.15) is 13.2 Å². The summed E-state index contributed by atoms with van der Waals surface area (Å²) in [7, 11) is 0.